The van der Waals surface area contributed by atoms with Crippen LogP contribution in [0.5, 0.6) is 0 Å². The Morgan fingerprint density at radius 1 is 1.24 bits per heavy atom. The van der Waals surface area contributed by atoms with Crippen LogP contribution in [0, 0.1) is 18.6 Å². The van der Waals surface area contributed by atoms with Gasteiger partial charge in [0.1, 0.15) is 28.9 Å². The summed E-state index contributed by atoms with van der Waals surface area (Å²) >= 11 is 5.79. The second kappa shape index (κ2) is 4.63. The average Bonchev–Trinajstić information content (AvgIpc) is 2.30. The van der Waals surface area contributed by atoms with Gasteiger partial charge in [-0.05, 0) is 19.1 Å². The first-order valence-corrected chi connectivity index (χ1v) is 5.15. The monoisotopic (exact) mass is 255 g/mol. The summed E-state index contributed by atoms with van der Waals surface area (Å²) in [6.45, 7) is 1.68. The number of benzene rings is 1. The highest BCUT2D eigenvalue weighted by molar-refractivity contribution is 6.30. The van der Waals surface area contributed by atoms with Crippen molar-refractivity contribution in [3.63, 3.8) is 0 Å². The number of nitrogens with one attached hydrogen (secondary N) is 1. The molecule has 1 heterocycles. The molecule has 88 valence electrons. The molecule has 0 bridgehead atoms. The Bertz CT molecular complexity index is 560. The van der Waals surface area contributed by atoms with Gasteiger partial charge in [0.05, 0.1) is 5.69 Å². The maximum atomic E-state index is 13.4. The van der Waals surface area contributed by atoms with Gasteiger partial charge in [0.25, 0.3) is 0 Å². The minimum atomic E-state index is -0.569. The summed E-state index contributed by atoms with van der Waals surface area (Å²) in [6.07, 6.45) is 1.24. The predicted molar refractivity (Wildman–Crippen MR) is 61.4 cm³/mol. The molecule has 2 aromatic rings. The number of anilines is 2. The summed E-state index contributed by atoms with van der Waals surface area (Å²) < 4.78 is 26.3. The maximum Gasteiger partial charge on any atom is 0.146 e. The quantitative estimate of drug-likeness (QED) is 0.835. The van der Waals surface area contributed by atoms with Crippen LogP contribution < -0.4 is 5.32 Å². The van der Waals surface area contributed by atoms with Gasteiger partial charge in [0.15, 0.2) is 0 Å². The molecule has 0 atom stereocenters. The molecule has 6 heteroatoms. The van der Waals surface area contributed by atoms with Gasteiger partial charge in [-0.1, -0.05) is 11.6 Å². The number of hydrogen-bond donors (Lipinski definition) is 1. The van der Waals surface area contributed by atoms with Crippen molar-refractivity contribution < 1.29 is 8.78 Å². The highest BCUT2D eigenvalue weighted by Crippen LogP contribution is 2.24. The Kier molecular flexibility index (Phi) is 3.19. The Balaban J connectivity index is 2.38. The largest absolute Gasteiger partial charge is 0.337 e. The molecule has 1 aromatic heterocycles. The summed E-state index contributed by atoms with van der Waals surface area (Å²) in [7, 11) is 0. The predicted octanol–water partition coefficient (Wildman–Crippen LogP) is 3.46. The zero-order chi connectivity index (χ0) is 12.4. The van der Waals surface area contributed by atoms with E-state index < -0.39 is 11.6 Å². The fraction of sp³-hybridized carbons (Fsp3) is 0.0909. The van der Waals surface area contributed by atoms with Gasteiger partial charge >= 0.3 is 0 Å². The van der Waals surface area contributed by atoms with E-state index in [4.69, 9.17) is 11.6 Å². The van der Waals surface area contributed by atoms with E-state index in [1.165, 1.54) is 6.33 Å². The molecule has 3 nitrogen and oxygen atoms in total. The zero-order valence-corrected chi connectivity index (χ0v) is 9.59. The number of halogens is 3. The van der Waals surface area contributed by atoms with Crippen LogP contribution >= 0.6 is 11.6 Å². The van der Waals surface area contributed by atoms with E-state index >= 15 is 0 Å². The Hall–Kier alpha value is -1.75. The molecule has 0 aliphatic carbocycles. The molecule has 1 N–H and O–H groups in total. The fourth-order valence-corrected chi connectivity index (χ4v) is 1.41. The lowest BCUT2D eigenvalue weighted by molar-refractivity contribution is 0.603. The van der Waals surface area contributed by atoms with Crippen LogP contribution in [-0.4, -0.2) is 9.97 Å². The third-order valence-corrected chi connectivity index (χ3v) is 2.59. The van der Waals surface area contributed by atoms with E-state index in [2.05, 4.69) is 15.3 Å². The van der Waals surface area contributed by atoms with Crippen molar-refractivity contribution in [2.45, 2.75) is 6.92 Å². The lowest BCUT2D eigenvalue weighted by Crippen LogP contribution is -2.00. The molecule has 0 aliphatic heterocycles. The van der Waals surface area contributed by atoms with Crippen LogP contribution in [0.1, 0.15) is 5.56 Å². The molecule has 1 aromatic carbocycles. The fourth-order valence-electron chi connectivity index (χ4n) is 1.28. The third kappa shape index (κ3) is 2.50. The Morgan fingerprint density at radius 3 is 2.76 bits per heavy atom. The summed E-state index contributed by atoms with van der Waals surface area (Å²) in [5.74, 6) is -0.762. The molecule has 2 rings (SSSR count). The van der Waals surface area contributed by atoms with Crippen LogP contribution in [0.15, 0.2) is 24.5 Å². The third-order valence-electron chi connectivity index (χ3n) is 2.20. The molecule has 0 radical (unpaired) electrons. The van der Waals surface area contributed by atoms with Crippen LogP contribution in [-0.2, 0) is 0 Å². The lowest BCUT2D eigenvalue weighted by Gasteiger charge is -2.09. The van der Waals surface area contributed by atoms with Crippen LogP contribution in [0.3, 0.4) is 0 Å². The average molecular weight is 256 g/mol. The van der Waals surface area contributed by atoms with Gasteiger partial charge in [0, 0.05) is 11.6 Å². The minimum Gasteiger partial charge on any atom is -0.337 e. The first-order valence-electron chi connectivity index (χ1n) is 4.77. The van der Waals surface area contributed by atoms with Gasteiger partial charge in [-0.2, -0.15) is 0 Å². The first kappa shape index (κ1) is 11.7. The maximum absolute atomic E-state index is 13.4. The first-order chi connectivity index (χ1) is 8.08. The zero-order valence-electron chi connectivity index (χ0n) is 8.84. The Labute approximate surface area is 101 Å². The van der Waals surface area contributed by atoms with Crippen molar-refractivity contribution >= 4 is 23.1 Å². The van der Waals surface area contributed by atoms with E-state index in [9.17, 15) is 8.78 Å². The lowest BCUT2D eigenvalue weighted by atomic mass is 10.2. The molecular formula is C11H8ClF2N3. The number of hydrogen-bond acceptors (Lipinski definition) is 3. The van der Waals surface area contributed by atoms with Crippen molar-refractivity contribution in [3.8, 4) is 0 Å². The van der Waals surface area contributed by atoms with Gasteiger partial charge in [-0.25, -0.2) is 18.7 Å². The van der Waals surface area contributed by atoms with Crippen molar-refractivity contribution in [3.05, 3.63) is 46.9 Å². The highest BCUT2D eigenvalue weighted by Gasteiger charge is 2.08. The molecule has 0 aliphatic rings. The summed E-state index contributed by atoms with van der Waals surface area (Å²) in [4.78, 5) is 7.68. The SMILES string of the molecule is Cc1c(Cl)ncnc1Nc1cc(F)ccc1F. The molecule has 17 heavy (non-hydrogen) atoms. The smallest absolute Gasteiger partial charge is 0.146 e. The number of aromatic nitrogens is 2. The summed E-state index contributed by atoms with van der Waals surface area (Å²) in [5.41, 5.74) is 0.570. The van der Waals surface area contributed by atoms with Crippen molar-refractivity contribution in [2.24, 2.45) is 0 Å². The van der Waals surface area contributed by atoms with Crippen LogP contribution in [0.4, 0.5) is 20.3 Å². The molecule has 0 spiro atoms. The molecule has 0 amide bonds. The van der Waals surface area contributed by atoms with E-state index in [1.54, 1.807) is 6.92 Å². The van der Waals surface area contributed by atoms with Crippen molar-refractivity contribution in [2.75, 3.05) is 5.32 Å². The van der Waals surface area contributed by atoms with Crippen LogP contribution in [0.25, 0.3) is 0 Å². The van der Waals surface area contributed by atoms with Gasteiger partial charge in [-0.3, -0.25) is 0 Å². The summed E-state index contributed by atoms with van der Waals surface area (Å²) in [6, 6.07) is 3.13. The topological polar surface area (TPSA) is 37.8 Å². The molecule has 0 saturated heterocycles. The second-order valence-corrected chi connectivity index (χ2v) is 3.75. The normalized spacial score (nSPS) is 10.4. The number of rotatable bonds is 2. The molecule has 0 saturated carbocycles. The van der Waals surface area contributed by atoms with E-state index in [-0.39, 0.29) is 10.8 Å². The van der Waals surface area contributed by atoms with E-state index in [0.717, 1.165) is 18.2 Å². The van der Waals surface area contributed by atoms with E-state index in [0.29, 0.717) is 11.4 Å². The van der Waals surface area contributed by atoms with Crippen molar-refractivity contribution in [1.29, 1.82) is 0 Å². The van der Waals surface area contributed by atoms with Gasteiger partial charge < -0.3 is 5.32 Å². The van der Waals surface area contributed by atoms with Gasteiger partial charge in [0.2, 0.25) is 0 Å². The van der Waals surface area contributed by atoms with Crippen LogP contribution in [0.2, 0.25) is 5.15 Å². The standard InChI is InChI=1S/C11H8ClF2N3/c1-6-10(12)15-5-16-11(6)17-9-4-7(13)2-3-8(9)14/h2-5H,1H3,(H,15,16,17). The number of nitrogens with zero attached hydrogens (tertiary/aromatic N) is 2. The minimum absolute atomic E-state index is 0.00265. The van der Waals surface area contributed by atoms with Crippen molar-refractivity contribution in [1.82, 2.24) is 9.97 Å². The second-order valence-electron chi connectivity index (χ2n) is 3.39. The summed E-state index contributed by atoms with van der Waals surface area (Å²) in [5, 5.41) is 2.93. The Morgan fingerprint density at radius 2 is 2.00 bits per heavy atom. The molecular weight excluding hydrogens is 248 g/mol. The molecule has 0 unspecified atom stereocenters. The highest BCUT2D eigenvalue weighted by atomic mass is 35.5. The molecule has 0 fully saturated rings. The van der Waals surface area contributed by atoms with E-state index in [1.807, 2.05) is 0 Å². The van der Waals surface area contributed by atoms with Gasteiger partial charge in [-0.15, -0.1) is 0 Å².